The second-order valence-corrected chi connectivity index (χ2v) is 7.82. The van der Waals surface area contributed by atoms with Crippen LogP contribution in [0.15, 0.2) is 18.2 Å². The van der Waals surface area contributed by atoms with Crippen LogP contribution in [0.4, 0.5) is 5.82 Å². The zero-order valence-corrected chi connectivity index (χ0v) is 15.5. The average Bonchev–Trinajstić information content (AvgIpc) is 2.90. The maximum Gasteiger partial charge on any atom is 0.225 e. The molecule has 0 saturated heterocycles. The van der Waals surface area contributed by atoms with Crippen LogP contribution in [-0.4, -0.2) is 16.5 Å². The molecule has 3 nitrogen and oxygen atoms in total. The lowest BCUT2D eigenvalue weighted by molar-refractivity contribution is 0.686. The number of rotatable bonds is 3. The van der Waals surface area contributed by atoms with Gasteiger partial charge in [-0.2, -0.15) is 0 Å². The number of anilines is 1. The normalized spacial score (nSPS) is 14.0. The Morgan fingerprint density at radius 3 is 2.75 bits per heavy atom. The van der Waals surface area contributed by atoms with Gasteiger partial charge in [-0.05, 0) is 67.8 Å². The van der Waals surface area contributed by atoms with Gasteiger partial charge in [-0.3, -0.25) is 0 Å². The fourth-order valence-corrected chi connectivity index (χ4v) is 4.88. The maximum absolute atomic E-state index is 6.11. The fraction of sp³-hybridized carbons (Fsp3) is 0.368. The summed E-state index contributed by atoms with van der Waals surface area (Å²) in [5, 5.41) is 4.75. The molecule has 3 aromatic rings. The van der Waals surface area contributed by atoms with Gasteiger partial charge >= 0.3 is 0 Å². The fourth-order valence-electron chi connectivity index (χ4n) is 3.62. The van der Waals surface area contributed by atoms with Crippen LogP contribution in [0.1, 0.15) is 35.8 Å². The quantitative estimate of drug-likeness (QED) is 0.617. The van der Waals surface area contributed by atoms with E-state index >= 15 is 0 Å². The minimum Gasteiger partial charge on any atom is -0.370 e. The van der Waals surface area contributed by atoms with Crippen LogP contribution in [0, 0.1) is 6.92 Å². The first-order valence-electron chi connectivity index (χ1n) is 8.50. The Morgan fingerprint density at radius 1 is 1.17 bits per heavy atom. The van der Waals surface area contributed by atoms with Crippen molar-refractivity contribution in [2.45, 2.75) is 39.5 Å². The molecule has 1 aliphatic carbocycles. The molecule has 0 radical (unpaired) electrons. The van der Waals surface area contributed by atoms with Crippen LogP contribution in [0.3, 0.4) is 0 Å². The van der Waals surface area contributed by atoms with Crippen molar-refractivity contribution in [2.24, 2.45) is 0 Å². The molecule has 0 spiro atoms. The Hall–Kier alpha value is -1.65. The van der Waals surface area contributed by atoms with E-state index in [2.05, 4.69) is 47.3 Å². The second-order valence-electron chi connectivity index (χ2n) is 6.28. The molecule has 2 aromatic heterocycles. The Morgan fingerprint density at radius 2 is 1.96 bits per heavy atom. The summed E-state index contributed by atoms with van der Waals surface area (Å²) in [6.45, 7) is 5.03. The first-order chi connectivity index (χ1) is 11.7. The monoisotopic (exact) mass is 357 g/mol. The predicted octanol–water partition coefficient (Wildman–Crippen LogP) is 5.63. The Balaban J connectivity index is 1.94. The molecule has 0 amide bonds. The summed E-state index contributed by atoms with van der Waals surface area (Å²) in [7, 11) is 0. The highest BCUT2D eigenvalue weighted by Crippen LogP contribution is 2.42. The Kier molecular flexibility index (Phi) is 4.19. The number of benzene rings is 1. The largest absolute Gasteiger partial charge is 0.370 e. The van der Waals surface area contributed by atoms with E-state index in [1.165, 1.54) is 52.8 Å². The summed E-state index contributed by atoms with van der Waals surface area (Å²) in [6, 6.07) is 6.92. The van der Waals surface area contributed by atoms with Gasteiger partial charge in [0, 0.05) is 17.0 Å². The van der Waals surface area contributed by atoms with Crippen molar-refractivity contribution in [1.82, 2.24) is 9.97 Å². The van der Waals surface area contributed by atoms with Crippen molar-refractivity contribution in [2.75, 3.05) is 11.9 Å². The summed E-state index contributed by atoms with van der Waals surface area (Å²) < 4.78 is 0. The van der Waals surface area contributed by atoms with Crippen LogP contribution in [0.5, 0.6) is 0 Å². The van der Waals surface area contributed by atoms with Gasteiger partial charge < -0.3 is 5.32 Å². The average molecular weight is 358 g/mol. The number of aryl methyl sites for hydroxylation is 3. The number of nitrogens with zero attached hydrogens (tertiary/aromatic N) is 2. The molecule has 4 rings (SSSR count). The third-order valence-corrected chi connectivity index (χ3v) is 5.85. The minimum absolute atomic E-state index is 0.302. The van der Waals surface area contributed by atoms with Gasteiger partial charge in [0.05, 0.1) is 5.39 Å². The van der Waals surface area contributed by atoms with E-state index in [1.54, 1.807) is 11.3 Å². The van der Waals surface area contributed by atoms with Gasteiger partial charge in [0.15, 0.2) is 0 Å². The van der Waals surface area contributed by atoms with Crippen molar-refractivity contribution in [3.05, 3.63) is 39.5 Å². The molecule has 0 aliphatic heterocycles. The van der Waals surface area contributed by atoms with Gasteiger partial charge in [0.1, 0.15) is 10.6 Å². The summed E-state index contributed by atoms with van der Waals surface area (Å²) in [4.78, 5) is 11.1. The summed E-state index contributed by atoms with van der Waals surface area (Å²) >= 11 is 7.80. The van der Waals surface area contributed by atoms with E-state index in [4.69, 9.17) is 11.6 Å². The molecule has 124 valence electrons. The molecular formula is C19H20ClN3S. The molecule has 24 heavy (non-hydrogen) atoms. The van der Waals surface area contributed by atoms with Crippen LogP contribution >= 0.6 is 22.9 Å². The number of aromatic nitrogens is 2. The van der Waals surface area contributed by atoms with Crippen molar-refractivity contribution >= 4 is 39.0 Å². The van der Waals surface area contributed by atoms with E-state index < -0.39 is 0 Å². The van der Waals surface area contributed by atoms with Gasteiger partial charge in [-0.1, -0.05) is 18.2 Å². The predicted molar refractivity (Wildman–Crippen MR) is 103 cm³/mol. The molecule has 2 heterocycles. The molecule has 5 heteroatoms. The summed E-state index contributed by atoms with van der Waals surface area (Å²) in [5.74, 6) is 0.838. The first kappa shape index (κ1) is 15.9. The first-order valence-corrected chi connectivity index (χ1v) is 9.69. The molecule has 0 atom stereocenters. The van der Waals surface area contributed by atoms with Crippen molar-refractivity contribution in [3.8, 4) is 11.1 Å². The van der Waals surface area contributed by atoms with Crippen LogP contribution in [0.2, 0.25) is 5.28 Å². The number of nitrogens with one attached hydrogen (secondary N) is 1. The lowest BCUT2D eigenvalue weighted by atomic mass is 9.89. The molecule has 0 unspecified atom stereocenters. The van der Waals surface area contributed by atoms with Crippen molar-refractivity contribution in [1.29, 1.82) is 0 Å². The van der Waals surface area contributed by atoms with E-state index in [0.29, 0.717) is 5.28 Å². The van der Waals surface area contributed by atoms with Crippen molar-refractivity contribution < 1.29 is 0 Å². The molecular weight excluding hydrogens is 338 g/mol. The molecule has 0 bridgehead atoms. The number of thiophene rings is 1. The van der Waals surface area contributed by atoms with E-state index in [1.807, 2.05) is 0 Å². The Labute approximate surface area is 151 Å². The highest BCUT2D eigenvalue weighted by Gasteiger charge is 2.19. The molecule has 1 N–H and O–H groups in total. The number of hydrogen-bond acceptors (Lipinski definition) is 4. The van der Waals surface area contributed by atoms with Gasteiger partial charge in [-0.15, -0.1) is 11.3 Å². The third kappa shape index (κ3) is 2.68. The maximum atomic E-state index is 6.11. The number of hydrogen-bond donors (Lipinski definition) is 1. The van der Waals surface area contributed by atoms with Crippen LogP contribution in [0.25, 0.3) is 21.3 Å². The standard InChI is InChI=1S/C19H20ClN3S/c1-3-21-17-16-15(11(2)24-18(16)23-19(20)22-17)14-9-8-12-6-4-5-7-13(12)10-14/h8-10H,3-7H2,1-2H3,(H,21,22,23). The lowest BCUT2D eigenvalue weighted by Crippen LogP contribution is -2.03. The summed E-state index contributed by atoms with van der Waals surface area (Å²) in [5.41, 5.74) is 5.52. The van der Waals surface area contributed by atoms with E-state index in [0.717, 1.165) is 22.6 Å². The highest BCUT2D eigenvalue weighted by atomic mass is 35.5. The molecule has 1 aromatic carbocycles. The SMILES string of the molecule is CCNc1nc(Cl)nc2sc(C)c(-c3ccc4c(c3)CCCC4)c12. The molecule has 1 aliphatic rings. The third-order valence-electron chi connectivity index (χ3n) is 4.68. The molecule has 0 saturated carbocycles. The second kappa shape index (κ2) is 6.34. The number of halogens is 1. The van der Waals surface area contributed by atoms with Gasteiger partial charge in [0.2, 0.25) is 5.28 Å². The van der Waals surface area contributed by atoms with Gasteiger partial charge in [0.25, 0.3) is 0 Å². The highest BCUT2D eigenvalue weighted by molar-refractivity contribution is 7.19. The Bertz CT molecular complexity index is 917. The van der Waals surface area contributed by atoms with E-state index in [9.17, 15) is 0 Å². The van der Waals surface area contributed by atoms with E-state index in [-0.39, 0.29) is 0 Å². The van der Waals surface area contributed by atoms with Crippen LogP contribution in [-0.2, 0) is 12.8 Å². The summed E-state index contributed by atoms with van der Waals surface area (Å²) in [6.07, 6.45) is 5.00. The molecule has 0 fully saturated rings. The topological polar surface area (TPSA) is 37.8 Å². The minimum atomic E-state index is 0.302. The van der Waals surface area contributed by atoms with Crippen LogP contribution < -0.4 is 5.32 Å². The zero-order chi connectivity index (χ0) is 16.7. The number of fused-ring (bicyclic) bond motifs is 2. The smallest absolute Gasteiger partial charge is 0.225 e. The lowest BCUT2D eigenvalue weighted by Gasteiger charge is -2.17. The van der Waals surface area contributed by atoms with Gasteiger partial charge in [-0.25, -0.2) is 9.97 Å². The van der Waals surface area contributed by atoms with Crippen molar-refractivity contribution in [3.63, 3.8) is 0 Å². The zero-order valence-electron chi connectivity index (χ0n) is 13.9.